The van der Waals surface area contributed by atoms with Crippen molar-refractivity contribution in [2.75, 3.05) is 0 Å². The molecule has 0 N–H and O–H groups in total. The molecule has 12 heavy (non-hydrogen) atoms. The molecule has 0 atom stereocenters. The zero-order chi connectivity index (χ0) is 8.48. The van der Waals surface area contributed by atoms with E-state index in [0.29, 0.717) is 0 Å². The maximum Gasteiger partial charge on any atom is 0.0640 e. The van der Waals surface area contributed by atoms with Crippen LogP contribution in [0.3, 0.4) is 0 Å². The molecule has 1 aromatic rings. The Balaban J connectivity index is 0.00000121. The lowest BCUT2D eigenvalue weighted by molar-refractivity contribution is 0.564. The molecule has 0 radical (unpaired) electrons. The topological polar surface area (TPSA) is 25.8 Å². The Morgan fingerprint density at radius 3 is 2.00 bits per heavy atom. The van der Waals surface area contributed by atoms with Gasteiger partial charge < -0.3 is 0 Å². The van der Waals surface area contributed by atoms with Crippen LogP contribution in [0.1, 0.15) is 39.6 Å². The average molecular weight is 166 g/mol. The van der Waals surface area contributed by atoms with Gasteiger partial charge in [-0.1, -0.05) is 28.2 Å². The molecule has 0 amide bonds. The number of aromatic nitrogens is 2. The lowest BCUT2D eigenvalue weighted by Gasteiger charge is -2.16. The smallest absolute Gasteiger partial charge is 0.0640 e. The Labute approximate surface area is 75.1 Å². The number of nitrogens with zero attached hydrogens (tertiary/aromatic N) is 2. The Hall–Kier alpha value is -0.920. The van der Waals surface area contributed by atoms with Gasteiger partial charge in [0, 0.05) is 17.8 Å². The van der Waals surface area contributed by atoms with E-state index in [0.717, 1.165) is 11.4 Å². The largest absolute Gasteiger partial charge is 0.258 e. The number of hydrogen-bond donors (Lipinski definition) is 0. The summed E-state index contributed by atoms with van der Waals surface area (Å²) in [5.74, 6) is 0. The van der Waals surface area contributed by atoms with Crippen LogP contribution < -0.4 is 0 Å². The number of hydrogen-bond acceptors (Lipinski definition) is 2. The van der Waals surface area contributed by atoms with Gasteiger partial charge in [0.2, 0.25) is 0 Å². The molecule has 0 saturated heterocycles. The Kier molecular flexibility index (Phi) is 3.37. The summed E-state index contributed by atoms with van der Waals surface area (Å²) >= 11 is 0. The zero-order valence-corrected chi connectivity index (χ0v) is 7.55. The predicted molar refractivity (Wildman–Crippen MR) is 52.2 cm³/mol. The van der Waals surface area contributed by atoms with Crippen molar-refractivity contribution in [3.05, 3.63) is 23.8 Å². The Morgan fingerprint density at radius 1 is 1.08 bits per heavy atom. The van der Waals surface area contributed by atoms with Crippen molar-refractivity contribution < 1.29 is 0 Å². The molecular weight excluding hydrogens is 148 g/mol. The summed E-state index contributed by atoms with van der Waals surface area (Å²) in [6.45, 7) is 8.34. The third kappa shape index (κ3) is 2.61. The summed E-state index contributed by atoms with van der Waals surface area (Å²) in [6, 6.07) is 0. The van der Waals surface area contributed by atoms with Gasteiger partial charge in [-0.3, -0.25) is 9.97 Å². The van der Waals surface area contributed by atoms with Gasteiger partial charge >= 0.3 is 0 Å². The highest BCUT2D eigenvalue weighted by Gasteiger charge is 2.14. The standard InChI is InChI=1S/C9H14N2.CH4/c1-7-5-11-8(6-10-7)9(2,3)4;/h5-6H,1-4H3;1H4. The van der Waals surface area contributed by atoms with Gasteiger partial charge in [-0.2, -0.15) is 0 Å². The molecule has 0 aliphatic carbocycles. The molecule has 0 bridgehead atoms. The van der Waals surface area contributed by atoms with Crippen molar-refractivity contribution >= 4 is 0 Å². The first-order chi connectivity index (χ1) is 5.00. The molecule has 1 rings (SSSR count). The molecule has 0 aliphatic rings. The van der Waals surface area contributed by atoms with Crippen molar-refractivity contribution in [3.8, 4) is 0 Å². The second-order valence-corrected chi connectivity index (χ2v) is 3.79. The van der Waals surface area contributed by atoms with Crippen LogP contribution in [0.25, 0.3) is 0 Å². The normalized spacial score (nSPS) is 10.7. The Bertz CT molecular complexity index is 231. The first-order valence-electron chi connectivity index (χ1n) is 3.79. The minimum atomic E-state index is 0. The van der Waals surface area contributed by atoms with E-state index in [1.54, 1.807) is 6.20 Å². The number of aryl methyl sites for hydroxylation is 1. The first-order valence-corrected chi connectivity index (χ1v) is 3.79. The molecule has 0 unspecified atom stereocenters. The number of rotatable bonds is 0. The molecule has 1 heterocycles. The van der Waals surface area contributed by atoms with E-state index in [1.165, 1.54) is 0 Å². The maximum absolute atomic E-state index is 4.29. The molecule has 2 nitrogen and oxygen atoms in total. The zero-order valence-electron chi connectivity index (χ0n) is 7.55. The lowest BCUT2D eigenvalue weighted by Crippen LogP contribution is -2.13. The maximum atomic E-state index is 4.29. The average Bonchev–Trinajstić information content (AvgIpc) is 1.86. The van der Waals surface area contributed by atoms with E-state index < -0.39 is 0 Å². The minimum absolute atomic E-state index is 0. The van der Waals surface area contributed by atoms with Gasteiger partial charge in [0.1, 0.15) is 0 Å². The van der Waals surface area contributed by atoms with E-state index in [4.69, 9.17) is 0 Å². The van der Waals surface area contributed by atoms with Gasteiger partial charge in [0.05, 0.1) is 11.4 Å². The van der Waals surface area contributed by atoms with Gasteiger partial charge in [-0.05, 0) is 6.92 Å². The van der Waals surface area contributed by atoms with Crippen LogP contribution >= 0.6 is 0 Å². The summed E-state index contributed by atoms with van der Waals surface area (Å²) < 4.78 is 0. The second-order valence-electron chi connectivity index (χ2n) is 3.79. The van der Waals surface area contributed by atoms with Crippen molar-refractivity contribution in [3.63, 3.8) is 0 Å². The Morgan fingerprint density at radius 2 is 1.67 bits per heavy atom. The third-order valence-corrected chi connectivity index (χ3v) is 1.55. The van der Waals surface area contributed by atoms with Crippen LogP contribution in [-0.4, -0.2) is 9.97 Å². The van der Waals surface area contributed by atoms with Crippen molar-refractivity contribution in [2.24, 2.45) is 0 Å². The highest BCUT2D eigenvalue weighted by atomic mass is 14.8. The monoisotopic (exact) mass is 166 g/mol. The molecule has 0 spiro atoms. The molecular formula is C10H18N2. The summed E-state index contributed by atoms with van der Waals surface area (Å²) in [4.78, 5) is 8.47. The molecule has 2 heteroatoms. The summed E-state index contributed by atoms with van der Waals surface area (Å²) in [6.07, 6.45) is 3.65. The van der Waals surface area contributed by atoms with Crippen molar-refractivity contribution in [1.29, 1.82) is 0 Å². The fourth-order valence-corrected chi connectivity index (χ4v) is 0.780. The van der Waals surface area contributed by atoms with Crippen LogP contribution in [0, 0.1) is 6.92 Å². The van der Waals surface area contributed by atoms with E-state index in [1.807, 2.05) is 13.1 Å². The molecule has 0 fully saturated rings. The first kappa shape index (κ1) is 11.1. The van der Waals surface area contributed by atoms with E-state index in [9.17, 15) is 0 Å². The fraction of sp³-hybridized carbons (Fsp3) is 0.600. The van der Waals surface area contributed by atoms with Crippen LogP contribution in [0.4, 0.5) is 0 Å². The molecule has 0 aromatic carbocycles. The highest BCUT2D eigenvalue weighted by Crippen LogP contribution is 2.18. The lowest BCUT2D eigenvalue weighted by atomic mass is 9.93. The van der Waals surface area contributed by atoms with Gasteiger partial charge in [0.25, 0.3) is 0 Å². The van der Waals surface area contributed by atoms with Crippen LogP contribution in [-0.2, 0) is 5.41 Å². The summed E-state index contributed by atoms with van der Waals surface area (Å²) in [5, 5.41) is 0. The van der Waals surface area contributed by atoms with Crippen LogP contribution in [0.2, 0.25) is 0 Å². The SMILES string of the molecule is C.Cc1cnc(C(C)(C)C)cn1. The summed E-state index contributed by atoms with van der Waals surface area (Å²) in [5.41, 5.74) is 2.13. The predicted octanol–water partition coefficient (Wildman–Crippen LogP) is 2.72. The highest BCUT2D eigenvalue weighted by molar-refractivity contribution is 5.09. The summed E-state index contributed by atoms with van der Waals surface area (Å²) in [7, 11) is 0. The van der Waals surface area contributed by atoms with Crippen LogP contribution in [0.5, 0.6) is 0 Å². The van der Waals surface area contributed by atoms with E-state index >= 15 is 0 Å². The van der Waals surface area contributed by atoms with Crippen LogP contribution in [0.15, 0.2) is 12.4 Å². The molecule has 68 valence electrons. The molecule has 1 aromatic heterocycles. The van der Waals surface area contributed by atoms with Crippen molar-refractivity contribution in [1.82, 2.24) is 9.97 Å². The molecule has 0 saturated carbocycles. The second kappa shape index (κ2) is 3.65. The fourth-order valence-electron chi connectivity index (χ4n) is 0.780. The van der Waals surface area contributed by atoms with Crippen molar-refractivity contribution in [2.45, 2.75) is 40.5 Å². The third-order valence-electron chi connectivity index (χ3n) is 1.55. The van der Waals surface area contributed by atoms with Gasteiger partial charge in [-0.25, -0.2) is 0 Å². The van der Waals surface area contributed by atoms with Gasteiger partial charge in [0.15, 0.2) is 0 Å². The quantitative estimate of drug-likeness (QED) is 0.592. The van der Waals surface area contributed by atoms with E-state index in [2.05, 4.69) is 30.7 Å². The minimum Gasteiger partial charge on any atom is -0.258 e. The van der Waals surface area contributed by atoms with E-state index in [-0.39, 0.29) is 12.8 Å². The molecule has 0 aliphatic heterocycles. The van der Waals surface area contributed by atoms with Gasteiger partial charge in [-0.15, -0.1) is 0 Å².